The average molecular weight is 439 g/mol. The molecule has 0 aliphatic rings. The van der Waals surface area contributed by atoms with Gasteiger partial charge in [-0.05, 0) is 55.3 Å². The second-order valence-corrected chi connectivity index (χ2v) is 7.41. The number of halogens is 1. The number of carbonyl (C=O) groups excluding carboxylic acids is 2. The lowest BCUT2D eigenvalue weighted by atomic mass is 10.1. The molecule has 3 rings (SSSR count). The Kier molecular flexibility index (Phi) is 7.59. The minimum Gasteiger partial charge on any atom is -0.497 e. The molecule has 1 unspecified atom stereocenters. The van der Waals surface area contributed by atoms with Crippen molar-refractivity contribution < 1.29 is 23.2 Å². The fourth-order valence-corrected chi connectivity index (χ4v) is 3.09. The summed E-state index contributed by atoms with van der Waals surface area (Å²) < 4.78 is 23.7. The first kappa shape index (κ1) is 23.0. The molecule has 0 spiro atoms. The number of nitrogens with zero attached hydrogens (tertiary/aromatic N) is 2. The van der Waals surface area contributed by atoms with E-state index in [-0.39, 0.29) is 30.1 Å². The zero-order valence-electron chi connectivity index (χ0n) is 18.3. The predicted octanol–water partition coefficient (Wildman–Crippen LogP) is 4.19. The Bertz CT molecular complexity index is 1050. The maximum absolute atomic E-state index is 13.2. The highest BCUT2D eigenvalue weighted by molar-refractivity contribution is 5.94. The highest BCUT2D eigenvalue weighted by atomic mass is 19.1. The van der Waals surface area contributed by atoms with E-state index in [0.29, 0.717) is 17.9 Å². The van der Waals surface area contributed by atoms with Gasteiger partial charge in [-0.3, -0.25) is 9.59 Å². The van der Waals surface area contributed by atoms with Crippen molar-refractivity contribution in [1.29, 1.82) is 0 Å². The van der Waals surface area contributed by atoms with Crippen LogP contribution in [0.15, 0.2) is 59.1 Å². The molecule has 0 saturated carbocycles. The SMILES string of the molecule is CCC(C)N(Cc1cc(C(=O)NCc2ccc(OC)cc2)no1)C(=O)c1ccc(F)cc1. The number of aromatic nitrogens is 1. The summed E-state index contributed by atoms with van der Waals surface area (Å²) in [6.45, 7) is 4.35. The summed E-state index contributed by atoms with van der Waals surface area (Å²) in [6, 6.07) is 14.2. The molecular formula is C24H26FN3O4. The Balaban J connectivity index is 1.65. The molecule has 3 aromatic rings. The van der Waals surface area contributed by atoms with E-state index in [1.807, 2.05) is 38.1 Å². The molecule has 8 heteroatoms. The number of hydrogen-bond donors (Lipinski definition) is 1. The second-order valence-electron chi connectivity index (χ2n) is 7.41. The van der Waals surface area contributed by atoms with Crippen molar-refractivity contribution in [2.24, 2.45) is 0 Å². The molecule has 1 N–H and O–H groups in total. The quantitative estimate of drug-likeness (QED) is 0.540. The van der Waals surface area contributed by atoms with Gasteiger partial charge in [-0.2, -0.15) is 0 Å². The van der Waals surface area contributed by atoms with Crippen LogP contribution in [0.2, 0.25) is 0 Å². The predicted molar refractivity (Wildman–Crippen MR) is 117 cm³/mol. The van der Waals surface area contributed by atoms with Crippen molar-refractivity contribution in [1.82, 2.24) is 15.4 Å². The van der Waals surface area contributed by atoms with Gasteiger partial charge in [0.05, 0.1) is 13.7 Å². The molecule has 2 amide bonds. The molecule has 1 aromatic heterocycles. The van der Waals surface area contributed by atoms with Crippen LogP contribution in [-0.4, -0.2) is 35.0 Å². The van der Waals surface area contributed by atoms with Gasteiger partial charge in [0.1, 0.15) is 11.6 Å². The van der Waals surface area contributed by atoms with Gasteiger partial charge in [-0.25, -0.2) is 4.39 Å². The van der Waals surface area contributed by atoms with Crippen LogP contribution in [0, 0.1) is 5.82 Å². The van der Waals surface area contributed by atoms with Crippen LogP contribution in [0.1, 0.15) is 52.4 Å². The van der Waals surface area contributed by atoms with Crippen molar-refractivity contribution >= 4 is 11.8 Å². The number of amides is 2. The fraction of sp³-hybridized carbons (Fsp3) is 0.292. The molecule has 0 radical (unpaired) electrons. The van der Waals surface area contributed by atoms with Crippen molar-refractivity contribution in [2.45, 2.75) is 39.4 Å². The lowest BCUT2D eigenvalue weighted by Crippen LogP contribution is -2.37. The van der Waals surface area contributed by atoms with E-state index in [4.69, 9.17) is 9.26 Å². The first-order valence-electron chi connectivity index (χ1n) is 10.3. The molecule has 7 nitrogen and oxygen atoms in total. The van der Waals surface area contributed by atoms with Crippen LogP contribution >= 0.6 is 0 Å². The normalized spacial score (nSPS) is 11.6. The Labute approximate surface area is 186 Å². The molecule has 1 atom stereocenters. The summed E-state index contributed by atoms with van der Waals surface area (Å²) in [4.78, 5) is 27.0. The van der Waals surface area contributed by atoms with Gasteiger partial charge in [0, 0.05) is 24.2 Å². The lowest BCUT2D eigenvalue weighted by Gasteiger charge is -2.27. The largest absolute Gasteiger partial charge is 0.497 e. The van der Waals surface area contributed by atoms with Crippen LogP contribution in [0.5, 0.6) is 5.75 Å². The van der Waals surface area contributed by atoms with E-state index >= 15 is 0 Å². The van der Waals surface area contributed by atoms with Gasteiger partial charge in [0.25, 0.3) is 11.8 Å². The van der Waals surface area contributed by atoms with Crippen LogP contribution in [-0.2, 0) is 13.1 Å². The number of rotatable bonds is 9. The monoisotopic (exact) mass is 439 g/mol. The van der Waals surface area contributed by atoms with Gasteiger partial charge >= 0.3 is 0 Å². The van der Waals surface area contributed by atoms with Gasteiger partial charge in [-0.15, -0.1) is 0 Å². The lowest BCUT2D eigenvalue weighted by molar-refractivity contribution is 0.0651. The zero-order chi connectivity index (χ0) is 23.1. The number of benzene rings is 2. The molecular weight excluding hydrogens is 413 g/mol. The highest BCUT2D eigenvalue weighted by Gasteiger charge is 2.23. The molecule has 0 fully saturated rings. The summed E-state index contributed by atoms with van der Waals surface area (Å²) in [5.41, 5.74) is 1.42. The van der Waals surface area contributed by atoms with Crippen molar-refractivity contribution in [3.8, 4) is 5.75 Å². The van der Waals surface area contributed by atoms with E-state index in [9.17, 15) is 14.0 Å². The average Bonchev–Trinajstić information content (AvgIpc) is 3.29. The van der Waals surface area contributed by atoms with Crippen molar-refractivity contribution in [3.63, 3.8) is 0 Å². The van der Waals surface area contributed by atoms with Crippen molar-refractivity contribution in [2.75, 3.05) is 7.11 Å². The van der Waals surface area contributed by atoms with Gasteiger partial charge < -0.3 is 19.5 Å². The number of methoxy groups -OCH3 is 1. The topological polar surface area (TPSA) is 84.7 Å². The van der Waals surface area contributed by atoms with Gasteiger partial charge in [0.2, 0.25) is 0 Å². The third-order valence-electron chi connectivity index (χ3n) is 5.20. The molecule has 0 aliphatic heterocycles. The van der Waals surface area contributed by atoms with Crippen LogP contribution in [0.25, 0.3) is 0 Å². The van der Waals surface area contributed by atoms with E-state index in [2.05, 4.69) is 10.5 Å². The zero-order valence-corrected chi connectivity index (χ0v) is 18.3. The van der Waals surface area contributed by atoms with Crippen molar-refractivity contribution in [3.05, 3.63) is 83.0 Å². The van der Waals surface area contributed by atoms with E-state index in [1.54, 1.807) is 12.0 Å². The van der Waals surface area contributed by atoms with Crippen LogP contribution in [0.4, 0.5) is 4.39 Å². The number of nitrogens with one attached hydrogen (secondary N) is 1. The first-order chi connectivity index (χ1) is 15.4. The maximum Gasteiger partial charge on any atom is 0.273 e. The summed E-state index contributed by atoms with van der Waals surface area (Å²) >= 11 is 0. The molecule has 1 heterocycles. The molecule has 168 valence electrons. The standard InChI is InChI=1S/C24H26FN3O4/c1-4-16(2)28(24(30)18-7-9-19(25)10-8-18)15-21-13-22(27-32-21)23(29)26-14-17-5-11-20(31-3)12-6-17/h5-13,16H,4,14-15H2,1-3H3,(H,26,29). The minimum atomic E-state index is -0.405. The van der Waals surface area contributed by atoms with Gasteiger partial charge in [-0.1, -0.05) is 24.2 Å². The Morgan fingerprint density at radius 3 is 2.47 bits per heavy atom. The third-order valence-corrected chi connectivity index (χ3v) is 5.20. The number of carbonyl (C=O) groups is 2. The summed E-state index contributed by atoms with van der Waals surface area (Å²) in [7, 11) is 1.59. The Morgan fingerprint density at radius 2 is 1.84 bits per heavy atom. The summed E-state index contributed by atoms with van der Waals surface area (Å²) in [5.74, 6) is 0.0896. The fourth-order valence-electron chi connectivity index (χ4n) is 3.09. The summed E-state index contributed by atoms with van der Waals surface area (Å²) in [5, 5.41) is 6.63. The second kappa shape index (κ2) is 10.6. The highest BCUT2D eigenvalue weighted by Crippen LogP contribution is 2.17. The summed E-state index contributed by atoms with van der Waals surface area (Å²) in [6.07, 6.45) is 0.719. The van der Waals surface area contributed by atoms with Crippen LogP contribution < -0.4 is 10.1 Å². The number of ether oxygens (including phenoxy) is 1. The number of hydrogen-bond acceptors (Lipinski definition) is 5. The van der Waals surface area contributed by atoms with E-state index in [1.165, 1.54) is 30.3 Å². The molecule has 32 heavy (non-hydrogen) atoms. The molecule has 0 saturated heterocycles. The molecule has 0 bridgehead atoms. The van der Waals surface area contributed by atoms with E-state index < -0.39 is 5.82 Å². The van der Waals surface area contributed by atoms with Gasteiger partial charge in [0.15, 0.2) is 11.5 Å². The molecule has 0 aliphatic carbocycles. The molecule has 2 aromatic carbocycles. The van der Waals surface area contributed by atoms with E-state index in [0.717, 1.165) is 17.7 Å². The first-order valence-corrected chi connectivity index (χ1v) is 10.3. The third kappa shape index (κ3) is 5.72. The van der Waals surface area contributed by atoms with Crippen LogP contribution in [0.3, 0.4) is 0 Å². The smallest absolute Gasteiger partial charge is 0.273 e. The Morgan fingerprint density at radius 1 is 1.16 bits per heavy atom. The maximum atomic E-state index is 13.2. The minimum absolute atomic E-state index is 0.0926. The Hall–Kier alpha value is -3.68.